The Morgan fingerprint density at radius 1 is 1.24 bits per heavy atom. The summed E-state index contributed by atoms with van der Waals surface area (Å²) in [5, 5.41) is 3.87. The van der Waals surface area contributed by atoms with Gasteiger partial charge < -0.3 is 5.32 Å². The molecule has 0 heterocycles. The van der Waals surface area contributed by atoms with Crippen LogP contribution in [0, 0.1) is 5.92 Å². The maximum atomic E-state index is 12.7. The Balaban J connectivity index is 2.04. The number of benzene rings is 1. The topological polar surface area (TPSA) is 46.2 Å². The van der Waals surface area contributed by atoms with Gasteiger partial charge in [-0.15, -0.1) is 0 Å². The number of hydrogen-bond acceptors (Lipinski definition) is 3. The van der Waals surface area contributed by atoms with Crippen molar-refractivity contribution in [2.45, 2.75) is 50.2 Å². The van der Waals surface area contributed by atoms with Gasteiger partial charge in [-0.05, 0) is 49.4 Å². The second kappa shape index (κ2) is 7.12. The molecule has 0 bridgehead atoms. The second-order valence-corrected chi connectivity index (χ2v) is 8.63. The van der Waals surface area contributed by atoms with Gasteiger partial charge in [-0.1, -0.05) is 37.6 Å². The maximum Gasteiger partial charge on any atom is 0.157 e. The molecule has 0 spiro atoms. The van der Waals surface area contributed by atoms with Crippen LogP contribution in [-0.4, -0.2) is 26.3 Å². The Hall–Kier alpha value is -0.580. The monoisotopic (exact) mass is 329 g/mol. The van der Waals surface area contributed by atoms with E-state index in [0.29, 0.717) is 11.1 Å². The molecule has 1 aliphatic carbocycles. The van der Waals surface area contributed by atoms with Crippen LogP contribution in [0.1, 0.15) is 38.7 Å². The zero-order valence-corrected chi connectivity index (χ0v) is 14.3. The molecule has 0 amide bonds. The van der Waals surface area contributed by atoms with Crippen LogP contribution >= 0.6 is 11.6 Å². The van der Waals surface area contributed by atoms with E-state index < -0.39 is 9.84 Å². The van der Waals surface area contributed by atoms with Gasteiger partial charge in [0.2, 0.25) is 0 Å². The largest absolute Gasteiger partial charge is 0.314 e. The lowest BCUT2D eigenvalue weighted by molar-refractivity contribution is 0.425. The number of nitrogens with one attached hydrogen (secondary N) is 1. The molecule has 3 unspecified atom stereocenters. The van der Waals surface area contributed by atoms with Crippen LogP contribution in [0.15, 0.2) is 24.3 Å². The van der Waals surface area contributed by atoms with Crippen LogP contribution in [0.5, 0.6) is 0 Å². The highest BCUT2D eigenvalue weighted by Crippen LogP contribution is 2.33. The quantitative estimate of drug-likeness (QED) is 0.869. The van der Waals surface area contributed by atoms with E-state index in [4.69, 9.17) is 11.6 Å². The molecular formula is C16H24ClNO2S. The summed E-state index contributed by atoms with van der Waals surface area (Å²) >= 11 is 5.84. The molecule has 2 rings (SSSR count). The van der Waals surface area contributed by atoms with E-state index in [1.54, 1.807) is 24.3 Å². The molecule has 1 N–H and O–H groups in total. The molecule has 0 aliphatic heterocycles. The molecule has 1 aromatic rings. The molecule has 1 saturated carbocycles. The van der Waals surface area contributed by atoms with Crippen molar-refractivity contribution in [1.82, 2.24) is 5.32 Å². The Morgan fingerprint density at radius 3 is 2.52 bits per heavy atom. The second-order valence-electron chi connectivity index (χ2n) is 5.97. The zero-order valence-electron chi connectivity index (χ0n) is 12.7. The Labute approximate surface area is 133 Å². The van der Waals surface area contributed by atoms with Crippen LogP contribution in [0.3, 0.4) is 0 Å². The molecule has 3 atom stereocenters. The van der Waals surface area contributed by atoms with E-state index in [1.165, 1.54) is 0 Å². The fourth-order valence-corrected chi connectivity index (χ4v) is 5.51. The summed E-state index contributed by atoms with van der Waals surface area (Å²) in [5.74, 6) is 0.286. The van der Waals surface area contributed by atoms with Crippen molar-refractivity contribution in [3.63, 3.8) is 0 Å². The molecule has 0 saturated heterocycles. The van der Waals surface area contributed by atoms with Gasteiger partial charge in [-0.3, -0.25) is 0 Å². The van der Waals surface area contributed by atoms with Crippen LogP contribution in [0.25, 0.3) is 0 Å². The molecule has 21 heavy (non-hydrogen) atoms. The van der Waals surface area contributed by atoms with Gasteiger partial charge in [0.05, 0.1) is 11.0 Å². The van der Waals surface area contributed by atoms with Gasteiger partial charge in [-0.25, -0.2) is 8.42 Å². The average Bonchev–Trinajstić information content (AvgIpc) is 2.81. The minimum atomic E-state index is -3.12. The van der Waals surface area contributed by atoms with E-state index >= 15 is 0 Å². The van der Waals surface area contributed by atoms with Gasteiger partial charge in [0, 0.05) is 11.1 Å². The molecule has 5 heteroatoms. The standard InChI is InChI=1S/C16H24ClNO2S/c1-3-10-18-15-8-9-16(12(15)2)21(19,20)11-13-4-6-14(17)7-5-13/h4-7,12,15-16,18H,3,8-11H2,1-2H3. The van der Waals surface area contributed by atoms with E-state index in [9.17, 15) is 8.42 Å². The van der Waals surface area contributed by atoms with Crippen LogP contribution < -0.4 is 5.32 Å². The highest BCUT2D eigenvalue weighted by atomic mass is 35.5. The first kappa shape index (κ1) is 16.8. The van der Waals surface area contributed by atoms with Gasteiger partial charge in [0.15, 0.2) is 9.84 Å². The van der Waals surface area contributed by atoms with Gasteiger partial charge in [-0.2, -0.15) is 0 Å². The minimum Gasteiger partial charge on any atom is -0.314 e. The summed E-state index contributed by atoms with van der Waals surface area (Å²) in [5.41, 5.74) is 0.816. The lowest BCUT2D eigenvalue weighted by Crippen LogP contribution is -2.37. The molecule has 0 aromatic heterocycles. The van der Waals surface area contributed by atoms with Gasteiger partial charge in [0.1, 0.15) is 0 Å². The smallest absolute Gasteiger partial charge is 0.157 e. The van der Waals surface area contributed by atoms with Crippen molar-refractivity contribution in [3.05, 3.63) is 34.9 Å². The average molecular weight is 330 g/mol. The van der Waals surface area contributed by atoms with Crippen LogP contribution in [0.2, 0.25) is 5.02 Å². The zero-order chi connectivity index (χ0) is 15.5. The highest BCUT2D eigenvalue weighted by molar-refractivity contribution is 7.91. The van der Waals surface area contributed by atoms with E-state index in [0.717, 1.165) is 31.4 Å². The summed E-state index contributed by atoms with van der Waals surface area (Å²) in [7, 11) is -3.12. The van der Waals surface area contributed by atoms with Gasteiger partial charge in [0.25, 0.3) is 0 Å². The fraction of sp³-hybridized carbons (Fsp3) is 0.625. The predicted octanol–water partition coefficient (Wildman–Crippen LogP) is 3.42. The summed E-state index contributed by atoms with van der Waals surface area (Å²) in [6.45, 7) is 5.14. The van der Waals surface area contributed by atoms with Crippen molar-refractivity contribution in [2.75, 3.05) is 6.54 Å². The number of sulfone groups is 1. The number of hydrogen-bond donors (Lipinski definition) is 1. The van der Waals surface area contributed by atoms with Crippen LogP contribution in [0.4, 0.5) is 0 Å². The first-order valence-electron chi connectivity index (χ1n) is 7.63. The van der Waals surface area contributed by atoms with Crippen molar-refractivity contribution < 1.29 is 8.42 Å². The SMILES string of the molecule is CCCNC1CCC(S(=O)(=O)Cc2ccc(Cl)cc2)C1C. The summed E-state index contributed by atoms with van der Waals surface area (Å²) < 4.78 is 25.3. The first-order chi connectivity index (χ1) is 9.94. The molecule has 0 radical (unpaired) electrons. The lowest BCUT2D eigenvalue weighted by Gasteiger charge is -2.22. The Bertz CT molecular complexity index is 556. The molecule has 3 nitrogen and oxygen atoms in total. The summed E-state index contributed by atoms with van der Waals surface area (Å²) in [4.78, 5) is 0. The number of halogens is 1. The normalized spacial score (nSPS) is 26.1. The lowest BCUT2D eigenvalue weighted by atomic mass is 10.1. The van der Waals surface area contributed by atoms with Crippen LogP contribution in [-0.2, 0) is 15.6 Å². The molecule has 118 valence electrons. The summed E-state index contributed by atoms with van der Waals surface area (Å²) in [6.07, 6.45) is 2.79. The third-order valence-corrected chi connectivity index (χ3v) is 6.96. The summed E-state index contributed by atoms with van der Waals surface area (Å²) in [6, 6.07) is 7.42. The Morgan fingerprint density at radius 2 is 1.90 bits per heavy atom. The predicted molar refractivity (Wildman–Crippen MR) is 88.3 cm³/mol. The maximum absolute atomic E-state index is 12.7. The third kappa shape index (κ3) is 4.21. The molecule has 1 fully saturated rings. The first-order valence-corrected chi connectivity index (χ1v) is 9.72. The fourth-order valence-electron chi connectivity index (χ4n) is 3.17. The minimum absolute atomic E-state index is 0.111. The van der Waals surface area contributed by atoms with E-state index in [2.05, 4.69) is 19.2 Å². The third-order valence-electron chi connectivity index (χ3n) is 4.38. The molecular weight excluding hydrogens is 306 g/mol. The van der Waals surface area contributed by atoms with Gasteiger partial charge >= 0.3 is 0 Å². The number of rotatable bonds is 6. The van der Waals surface area contributed by atoms with E-state index in [-0.39, 0.29) is 16.9 Å². The van der Waals surface area contributed by atoms with Crippen molar-refractivity contribution >= 4 is 21.4 Å². The van der Waals surface area contributed by atoms with Crippen molar-refractivity contribution in [2.24, 2.45) is 5.92 Å². The van der Waals surface area contributed by atoms with Crippen molar-refractivity contribution in [1.29, 1.82) is 0 Å². The van der Waals surface area contributed by atoms with Crippen molar-refractivity contribution in [3.8, 4) is 0 Å². The molecule has 1 aromatic carbocycles. The van der Waals surface area contributed by atoms with E-state index in [1.807, 2.05) is 0 Å². The molecule has 1 aliphatic rings. The highest BCUT2D eigenvalue weighted by Gasteiger charge is 2.40. The Kier molecular flexibility index (Phi) is 5.69.